The molecule has 0 radical (unpaired) electrons. The van der Waals surface area contributed by atoms with Gasteiger partial charge in [0.15, 0.2) is 16.7 Å². The van der Waals surface area contributed by atoms with Crippen LogP contribution in [-0.4, -0.2) is 51.6 Å². The quantitative estimate of drug-likeness (QED) is 0.335. The van der Waals surface area contributed by atoms with Crippen LogP contribution in [0.2, 0.25) is 0 Å². The fourth-order valence-corrected chi connectivity index (χ4v) is 5.45. The number of amides is 1. The van der Waals surface area contributed by atoms with Crippen molar-refractivity contribution < 1.29 is 13.6 Å². The zero-order valence-electron chi connectivity index (χ0n) is 19.4. The molecular weight excluding hydrogens is 500 g/mol. The minimum atomic E-state index is -2.64. The zero-order valence-corrected chi connectivity index (χ0v) is 20.2. The Morgan fingerprint density at radius 3 is 2.81 bits per heavy atom. The number of rotatable bonds is 6. The molecule has 0 bridgehead atoms. The van der Waals surface area contributed by atoms with Crippen molar-refractivity contribution in [2.45, 2.75) is 44.2 Å². The number of aromatic nitrogens is 8. The van der Waals surface area contributed by atoms with Gasteiger partial charge < -0.3 is 9.88 Å². The van der Waals surface area contributed by atoms with Gasteiger partial charge >= 0.3 is 0 Å². The maximum Gasteiger partial charge on any atom is 0.280 e. The number of halogens is 2. The first kappa shape index (κ1) is 23.3. The number of carbonyl (C=O) groups is 1. The standard InChI is InChI=1S/C24H21F2N9OS/c25-20(26)19-11-29-24(37-19)23(36)32-13-4-3-5-14(8-13)35-18-9-16(21-30-12-31-34-21)28-10-17(18)33-22(35)15-6-1-2-7-27-15/h1-2,6-7,9-14,20H,3-5,8H2,(H,32,36)(H,30,31,34)/t13-,14+/m0/s1. The summed E-state index contributed by atoms with van der Waals surface area (Å²) in [6, 6.07) is 7.47. The van der Waals surface area contributed by atoms with Crippen molar-refractivity contribution in [3.8, 4) is 23.0 Å². The van der Waals surface area contributed by atoms with Gasteiger partial charge in [-0.1, -0.05) is 6.07 Å². The molecule has 0 aromatic carbocycles. The summed E-state index contributed by atoms with van der Waals surface area (Å²) in [7, 11) is 0. The summed E-state index contributed by atoms with van der Waals surface area (Å²) < 4.78 is 28.1. The molecule has 1 aliphatic carbocycles. The lowest BCUT2D eigenvalue weighted by molar-refractivity contribution is 0.0920. The number of pyridine rings is 2. The number of aromatic amines is 1. The van der Waals surface area contributed by atoms with Crippen LogP contribution in [0.25, 0.3) is 34.1 Å². The van der Waals surface area contributed by atoms with E-state index in [9.17, 15) is 13.6 Å². The van der Waals surface area contributed by atoms with Gasteiger partial charge in [0.25, 0.3) is 12.3 Å². The van der Waals surface area contributed by atoms with Crippen LogP contribution in [0.5, 0.6) is 0 Å². The lowest BCUT2D eigenvalue weighted by Crippen LogP contribution is -2.39. The monoisotopic (exact) mass is 521 g/mol. The maximum absolute atomic E-state index is 12.9. The predicted octanol–water partition coefficient (Wildman–Crippen LogP) is 4.59. The highest BCUT2D eigenvalue weighted by molar-refractivity contribution is 7.13. The Hall–Kier alpha value is -4.13. The highest BCUT2D eigenvalue weighted by atomic mass is 32.1. The third-order valence-corrected chi connectivity index (χ3v) is 7.41. The number of alkyl halides is 2. The molecule has 1 saturated carbocycles. The van der Waals surface area contributed by atoms with E-state index in [0.29, 0.717) is 23.8 Å². The number of thiazole rings is 1. The van der Waals surface area contributed by atoms with Crippen LogP contribution in [0.15, 0.2) is 49.2 Å². The molecule has 37 heavy (non-hydrogen) atoms. The van der Waals surface area contributed by atoms with Gasteiger partial charge in [0.05, 0.1) is 16.6 Å². The van der Waals surface area contributed by atoms with Crippen molar-refractivity contribution in [2.75, 3.05) is 0 Å². The maximum atomic E-state index is 12.9. The van der Waals surface area contributed by atoms with E-state index in [0.717, 1.165) is 53.5 Å². The molecule has 1 aliphatic rings. The van der Waals surface area contributed by atoms with Crippen LogP contribution in [0.4, 0.5) is 8.78 Å². The Kier molecular flexibility index (Phi) is 6.12. The van der Waals surface area contributed by atoms with Crippen LogP contribution < -0.4 is 5.32 Å². The molecular formula is C24H21F2N9OS. The first-order chi connectivity index (χ1) is 18.1. The van der Waals surface area contributed by atoms with E-state index in [2.05, 4.69) is 40.0 Å². The van der Waals surface area contributed by atoms with E-state index >= 15 is 0 Å². The summed E-state index contributed by atoms with van der Waals surface area (Å²) in [6.45, 7) is 0. The summed E-state index contributed by atoms with van der Waals surface area (Å²) in [5, 5.41) is 9.81. The minimum absolute atomic E-state index is 0.0129. The van der Waals surface area contributed by atoms with Crippen molar-refractivity contribution in [3.05, 3.63) is 59.1 Å². The second-order valence-corrected chi connectivity index (χ2v) is 9.83. The number of fused-ring (bicyclic) bond motifs is 1. The second-order valence-electron chi connectivity index (χ2n) is 8.77. The van der Waals surface area contributed by atoms with Gasteiger partial charge in [0.2, 0.25) is 0 Å². The van der Waals surface area contributed by atoms with Gasteiger partial charge in [-0.2, -0.15) is 5.10 Å². The van der Waals surface area contributed by atoms with E-state index in [1.165, 1.54) is 6.33 Å². The molecule has 5 heterocycles. The molecule has 5 aromatic rings. The molecule has 1 amide bonds. The summed E-state index contributed by atoms with van der Waals surface area (Å²) in [6.07, 6.45) is 6.46. The highest BCUT2D eigenvalue weighted by Crippen LogP contribution is 2.36. The number of imidazole rings is 1. The first-order valence-corrected chi connectivity index (χ1v) is 12.6. The normalized spacial score (nSPS) is 17.9. The molecule has 0 unspecified atom stereocenters. The van der Waals surface area contributed by atoms with Gasteiger partial charge in [0, 0.05) is 24.5 Å². The highest BCUT2D eigenvalue weighted by Gasteiger charge is 2.29. The molecule has 6 rings (SSSR count). The van der Waals surface area contributed by atoms with Crippen LogP contribution >= 0.6 is 11.3 Å². The van der Waals surface area contributed by atoms with Crippen LogP contribution in [0.3, 0.4) is 0 Å². The number of carbonyl (C=O) groups excluding carboxylic acids is 1. The number of hydrogen-bond donors (Lipinski definition) is 2. The average molecular weight is 522 g/mol. The number of nitrogens with zero attached hydrogens (tertiary/aromatic N) is 7. The van der Waals surface area contributed by atoms with E-state index in [1.807, 2.05) is 24.3 Å². The summed E-state index contributed by atoms with van der Waals surface area (Å²) in [5.74, 6) is 0.833. The van der Waals surface area contributed by atoms with Crippen molar-refractivity contribution in [1.82, 2.24) is 45.0 Å². The molecule has 2 atom stereocenters. The van der Waals surface area contributed by atoms with E-state index in [4.69, 9.17) is 4.98 Å². The number of hydrogen-bond acceptors (Lipinski definition) is 8. The zero-order chi connectivity index (χ0) is 25.4. The minimum Gasteiger partial charge on any atom is -0.347 e. The van der Waals surface area contributed by atoms with Gasteiger partial charge in [-0.3, -0.25) is 19.9 Å². The molecule has 10 nitrogen and oxygen atoms in total. The fraction of sp³-hybridized carbons (Fsp3) is 0.292. The molecule has 0 spiro atoms. The molecule has 1 fully saturated rings. The molecule has 0 aliphatic heterocycles. The Balaban J connectivity index is 1.34. The second kappa shape index (κ2) is 9.73. The van der Waals surface area contributed by atoms with Gasteiger partial charge in [-0.15, -0.1) is 11.3 Å². The third-order valence-electron chi connectivity index (χ3n) is 6.41. The lowest BCUT2D eigenvalue weighted by atomic mass is 9.90. The lowest BCUT2D eigenvalue weighted by Gasteiger charge is -2.31. The third kappa shape index (κ3) is 4.57. The number of H-pyrrole nitrogens is 1. The Labute approximate surface area is 213 Å². The molecule has 2 N–H and O–H groups in total. The Morgan fingerprint density at radius 2 is 2.05 bits per heavy atom. The van der Waals surface area contributed by atoms with Crippen molar-refractivity contribution in [3.63, 3.8) is 0 Å². The van der Waals surface area contributed by atoms with Crippen molar-refractivity contribution in [1.29, 1.82) is 0 Å². The largest absolute Gasteiger partial charge is 0.347 e. The summed E-state index contributed by atoms with van der Waals surface area (Å²) in [5.41, 5.74) is 2.96. The fourth-order valence-electron chi connectivity index (χ4n) is 4.77. The number of nitrogens with one attached hydrogen (secondary N) is 2. The molecule has 5 aromatic heterocycles. The topological polar surface area (TPSA) is 127 Å². The van der Waals surface area contributed by atoms with Crippen LogP contribution in [0.1, 0.15) is 52.8 Å². The van der Waals surface area contributed by atoms with E-state index in [-0.39, 0.29) is 22.0 Å². The Morgan fingerprint density at radius 1 is 1.14 bits per heavy atom. The summed E-state index contributed by atoms with van der Waals surface area (Å²) >= 11 is 0.721. The molecule has 188 valence electrons. The van der Waals surface area contributed by atoms with Crippen molar-refractivity contribution >= 4 is 28.3 Å². The predicted molar refractivity (Wildman–Crippen MR) is 132 cm³/mol. The average Bonchev–Trinajstić information content (AvgIpc) is 3.69. The van der Waals surface area contributed by atoms with Gasteiger partial charge in [0.1, 0.15) is 23.2 Å². The SMILES string of the molecule is O=C(N[C@H]1CCC[C@@H](n2c(-c3ccccn3)nc3cnc(-c4ncn[nH]4)cc32)C1)c1ncc(C(F)F)s1. The van der Waals surface area contributed by atoms with E-state index < -0.39 is 12.3 Å². The summed E-state index contributed by atoms with van der Waals surface area (Å²) in [4.78, 5) is 34.5. The van der Waals surface area contributed by atoms with E-state index in [1.54, 1.807) is 12.4 Å². The molecule has 0 saturated heterocycles. The van der Waals surface area contributed by atoms with Gasteiger partial charge in [-0.25, -0.2) is 23.7 Å². The Bertz CT molecular complexity index is 1530. The van der Waals surface area contributed by atoms with Crippen molar-refractivity contribution in [2.24, 2.45) is 0 Å². The smallest absolute Gasteiger partial charge is 0.280 e. The van der Waals surface area contributed by atoms with Crippen LogP contribution in [0, 0.1) is 0 Å². The first-order valence-electron chi connectivity index (χ1n) is 11.8. The van der Waals surface area contributed by atoms with Gasteiger partial charge in [-0.05, 0) is 43.9 Å². The van der Waals surface area contributed by atoms with Crippen LogP contribution in [-0.2, 0) is 0 Å². The molecule has 13 heteroatoms.